The highest BCUT2D eigenvalue weighted by molar-refractivity contribution is 5.37. The van der Waals surface area contributed by atoms with Gasteiger partial charge >= 0.3 is 0 Å². The topological polar surface area (TPSA) is 12.5 Å². The molecule has 0 bridgehead atoms. The van der Waals surface area contributed by atoms with Crippen LogP contribution in [0.15, 0.2) is 18.2 Å². The molecule has 2 heteroatoms. The third-order valence-electron chi connectivity index (χ3n) is 3.38. The molecule has 16 heavy (non-hydrogen) atoms. The van der Waals surface area contributed by atoms with Gasteiger partial charge in [0.2, 0.25) is 0 Å². The Hall–Kier alpha value is -0.860. The predicted molar refractivity (Wildman–Crippen MR) is 66.4 cm³/mol. The van der Waals surface area contributed by atoms with Crippen LogP contribution in [0.25, 0.3) is 0 Å². The van der Waals surface area contributed by atoms with E-state index >= 15 is 0 Å². The van der Waals surface area contributed by atoms with Gasteiger partial charge in [-0.3, -0.25) is 4.90 Å². The molecule has 0 aromatic heterocycles. The molecule has 2 heterocycles. The minimum Gasteiger partial charge on any atom is -0.378 e. The molecule has 0 aliphatic carbocycles. The zero-order chi connectivity index (χ0) is 11.5. The lowest BCUT2D eigenvalue weighted by atomic mass is 10.1. The van der Waals surface area contributed by atoms with E-state index in [4.69, 9.17) is 4.74 Å². The van der Waals surface area contributed by atoms with Crippen LogP contribution in [0.1, 0.15) is 30.5 Å². The van der Waals surface area contributed by atoms with Crippen LogP contribution in [0.3, 0.4) is 0 Å². The van der Waals surface area contributed by atoms with Crippen LogP contribution >= 0.6 is 0 Å². The van der Waals surface area contributed by atoms with Crippen molar-refractivity contribution in [2.45, 2.75) is 39.9 Å². The molecule has 2 aliphatic rings. The Balaban J connectivity index is 0.000000457. The predicted octanol–water partition coefficient (Wildman–Crippen LogP) is 2.74. The van der Waals surface area contributed by atoms with Gasteiger partial charge in [0.1, 0.15) is 0 Å². The van der Waals surface area contributed by atoms with Crippen molar-refractivity contribution in [1.82, 2.24) is 4.90 Å². The molecule has 0 N–H and O–H groups in total. The zero-order valence-electron chi connectivity index (χ0n) is 10.5. The smallest absolute Gasteiger partial charge is 0.0645 e. The average Bonchev–Trinajstić information content (AvgIpc) is 2.63. The third kappa shape index (κ3) is 2.00. The van der Waals surface area contributed by atoms with Crippen LogP contribution in [0.2, 0.25) is 0 Å². The summed E-state index contributed by atoms with van der Waals surface area (Å²) in [6, 6.07) is 7.29. The van der Waals surface area contributed by atoms with E-state index in [1.54, 1.807) is 5.56 Å². The van der Waals surface area contributed by atoms with E-state index in [1.807, 2.05) is 13.8 Å². The summed E-state index contributed by atoms with van der Waals surface area (Å²) in [5.41, 5.74) is 4.49. The molecule has 2 aliphatic heterocycles. The number of rotatable bonds is 1. The second-order valence-electron chi connectivity index (χ2n) is 4.31. The highest BCUT2D eigenvalue weighted by Gasteiger charge is 2.30. The summed E-state index contributed by atoms with van der Waals surface area (Å²) in [7, 11) is 0. The summed E-state index contributed by atoms with van der Waals surface area (Å²) in [4.78, 5) is 2.53. The van der Waals surface area contributed by atoms with E-state index < -0.39 is 0 Å². The van der Waals surface area contributed by atoms with Crippen LogP contribution in [0, 0.1) is 6.92 Å². The van der Waals surface area contributed by atoms with E-state index in [9.17, 15) is 0 Å². The summed E-state index contributed by atoms with van der Waals surface area (Å²) in [6.45, 7) is 10.3. The van der Waals surface area contributed by atoms with Crippen molar-refractivity contribution in [2.75, 3.05) is 13.2 Å². The summed E-state index contributed by atoms with van der Waals surface area (Å²) < 4.78 is 5.23. The molecular formula is C14H21NO. The van der Waals surface area contributed by atoms with Crippen molar-refractivity contribution in [1.29, 1.82) is 0 Å². The van der Waals surface area contributed by atoms with Gasteiger partial charge in [0.15, 0.2) is 0 Å². The van der Waals surface area contributed by atoms with Crippen molar-refractivity contribution in [2.24, 2.45) is 0 Å². The van der Waals surface area contributed by atoms with Gasteiger partial charge in [-0.05, 0) is 23.6 Å². The van der Waals surface area contributed by atoms with Gasteiger partial charge in [-0.15, -0.1) is 0 Å². The van der Waals surface area contributed by atoms with Gasteiger partial charge in [0.25, 0.3) is 0 Å². The Labute approximate surface area is 98.2 Å². The van der Waals surface area contributed by atoms with E-state index in [1.165, 1.54) is 11.1 Å². The lowest BCUT2D eigenvalue weighted by Gasteiger charge is -2.34. The number of hydrogen-bond acceptors (Lipinski definition) is 2. The fraction of sp³-hybridized carbons (Fsp3) is 0.571. The Morgan fingerprint density at radius 3 is 2.50 bits per heavy atom. The number of hydrogen-bond donors (Lipinski definition) is 0. The van der Waals surface area contributed by atoms with Crippen LogP contribution in [0.4, 0.5) is 0 Å². The molecule has 2 nitrogen and oxygen atoms in total. The molecule has 3 rings (SSSR count). The van der Waals surface area contributed by atoms with Crippen LogP contribution in [-0.4, -0.2) is 24.2 Å². The second kappa shape index (κ2) is 4.98. The molecule has 88 valence electrons. The maximum atomic E-state index is 5.23. The summed E-state index contributed by atoms with van der Waals surface area (Å²) in [6.07, 6.45) is 0. The normalized spacial score (nSPS) is 19.7. The molecule has 1 fully saturated rings. The lowest BCUT2D eigenvalue weighted by molar-refractivity contribution is -0.0669. The van der Waals surface area contributed by atoms with Gasteiger partial charge < -0.3 is 4.74 Å². The molecule has 1 aromatic rings. The lowest BCUT2D eigenvalue weighted by Crippen LogP contribution is -2.46. The number of nitrogens with zero attached hydrogens (tertiary/aromatic N) is 1. The van der Waals surface area contributed by atoms with Gasteiger partial charge in [-0.25, -0.2) is 0 Å². The van der Waals surface area contributed by atoms with Gasteiger partial charge in [0, 0.05) is 13.1 Å². The standard InChI is InChI=1S/C12H15NO.C2H6/c1-9-3-2-4-10-5-13(6-12(9)10)11-7-14-8-11;1-2/h2-4,11H,5-8H2,1H3;1-2H3. The molecule has 0 amide bonds. The molecule has 0 atom stereocenters. The van der Waals surface area contributed by atoms with E-state index in [2.05, 4.69) is 30.0 Å². The fourth-order valence-corrected chi connectivity index (χ4v) is 2.31. The number of fused-ring (bicyclic) bond motifs is 1. The fourth-order valence-electron chi connectivity index (χ4n) is 2.31. The summed E-state index contributed by atoms with van der Waals surface area (Å²) in [5.74, 6) is 0. The third-order valence-corrected chi connectivity index (χ3v) is 3.38. The minimum atomic E-state index is 0.668. The average molecular weight is 219 g/mol. The first kappa shape index (κ1) is 11.6. The Morgan fingerprint density at radius 1 is 1.19 bits per heavy atom. The van der Waals surface area contributed by atoms with Gasteiger partial charge in [-0.2, -0.15) is 0 Å². The maximum absolute atomic E-state index is 5.23. The Bertz CT molecular complexity index is 358. The molecule has 1 aromatic carbocycles. The highest BCUT2D eigenvalue weighted by atomic mass is 16.5. The molecule has 0 saturated carbocycles. The van der Waals surface area contributed by atoms with Gasteiger partial charge in [0.05, 0.1) is 19.3 Å². The van der Waals surface area contributed by atoms with Crippen molar-refractivity contribution in [3.8, 4) is 0 Å². The first-order valence-electron chi connectivity index (χ1n) is 6.24. The number of benzene rings is 1. The molecule has 0 spiro atoms. The molecule has 0 radical (unpaired) electrons. The van der Waals surface area contributed by atoms with E-state index in [-0.39, 0.29) is 0 Å². The summed E-state index contributed by atoms with van der Waals surface area (Å²) in [5, 5.41) is 0. The first-order chi connectivity index (χ1) is 7.84. The SMILES string of the molecule is CC.Cc1cccc2c1CN(C1COC1)C2. The van der Waals surface area contributed by atoms with Crippen molar-refractivity contribution in [3.63, 3.8) is 0 Å². The van der Waals surface area contributed by atoms with E-state index in [0.29, 0.717) is 6.04 Å². The van der Waals surface area contributed by atoms with E-state index in [0.717, 1.165) is 26.3 Å². The highest BCUT2D eigenvalue weighted by Crippen LogP contribution is 2.28. The second-order valence-corrected chi connectivity index (χ2v) is 4.31. The van der Waals surface area contributed by atoms with Crippen LogP contribution in [0.5, 0.6) is 0 Å². The van der Waals surface area contributed by atoms with Crippen LogP contribution < -0.4 is 0 Å². The monoisotopic (exact) mass is 219 g/mol. The van der Waals surface area contributed by atoms with Crippen LogP contribution in [-0.2, 0) is 17.8 Å². The Morgan fingerprint density at radius 2 is 1.94 bits per heavy atom. The van der Waals surface area contributed by atoms with Crippen molar-refractivity contribution in [3.05, 3.63) is 34.9 Å². The Kier molecular flexibility index (Phi) is 3.62. The number of aryl methyl sites for hydroxylation is 1. The van der Waals surface area contributed by atoms with Crippen molar-refractivity contribution >= 4 is 0 Å². The largest absolute Gasteiger partial charge is 0.378 e. The zero-order valence-corrected chi connectivity index (χ0v) is 10.5. The van der Waals surface area contributed by atoms with Crippen molar-refractivity contribution < 1.29 is 4.74 Å². The minimum absolute atomic E-state index is 0.668. The maximum Gasteiger partial charge on any atom is 0.0645 e. The summed E-state index contributed by atoms with van der Waals surface area (Å²) >= 11 is 0. The first-order valence-corrected chi connectivity index (χ1v) is 6.24. The molecular weight excluding hydrogens is 198 g/mol. The molecule has 0 unspecified atom stereocenters. The number of ether oxygens (including phenoxy) is 1. The molecule has 1 saturated heterocycles. The van der Waals surface area contributed by atoms with Gasteiger partial charge in [-0.1, -0.05) is 32.0 Å². The quantitative estimate of drug-likeness (QED) is 0.720.